The van der Waals surface area contributed by atoms with E-state index in [1.165, 1.54) is 69.0 Å². The number of allylic oxidation sites excluding steroid dienone is 1. The third kappa shape index (κ3) is 4.46. The molecule has 9 heteroatoms. The van der Waals surface area contributed by atoms with Crippen molar-refractivity contribution in [1.29, 1.82) is 0 Å². The Kier molecular flexibility index (Phi) is 8.46. The van der Waals surface area contributed by atoms with Crippen molar-refractivity contribution in [2.24, 2.45) is 0 Å². The number of carbonyl (C=O) groups is 1. The van der Waals surface area contributed by atoms with Gasteiger partial charge in [0.2, 0.25) is 17.2 Å². The molecular formula is C23H28O9. The van der Waals surface area contributed by atoms with Crippen LogP contribution in [0.15, 0.2) is 18.2 Å². The Balaban J connectivity index is 2.64. The van der Waals surface area contributed by atoms with E-state index in [0.717, 1.165) is 0 Å². The molecule has 0 radical (unpaired) electrons. The van der Waals surface area contributed by atoms with Gasteiger partial charge in [-0.05, 0) is 18.2 Å². The Labute approximate surface area is 187 Å². The van der Waals surface area contributed by atoms with E-state index in [9.17, 15) is 4.79 Å². The number of hydrogen-bond acceptors (Lipinski definition) is 9. The monoisotopic (exact) mass is 448 g/mol. The van der Waals surface area contributed by atoms with Gasteiger partial charge in [0.05, 0.1) is 68.0 Å². The fraction of sp³-hybridized carbons (Fsp3) is 0.348. The smallest absolute Gasteiger partial charge is 0.208 e. The fourth-order valence-electron chi connectivity index (χ4n) is 3.25. The highest BCUT2D eigenvalue weighted by molar-refractivity contribution is 6.10. The Morgan fingerprint density at radius 1 is 0.562 bits per heavy atom. The maximum Gasteiger partial charge on any atom is 0.208 e. The Hall–Kier alpha value is -3.75. The first-order valence-electron chi connectivity index (χ1n) is 9.42. The first-order valence-corrected chi connectivity index (χ1v) is 9.42. The van der Waals surface area contributed by atoms with E-state index >= 15 is 0 Å². The van der Waals surface area contributed by atoms with Gasteiger partial charge in [0.15, 0.2) is 28.8 Å². The van der Waals surface area contributed by atoms with Gasteiger partial charge in [0.25, 0.3) is 0 Å². The van der Waals surface area contributed by atoms with Crippen molar-refractivity contribution >= 4 is 11.9 Å². The second-order valence-electron chi connectivity index (χ2n) is 6.18. The molecular weight excluding hydrogens is 420 g/mol. The SMILES string of the molecule is COc1cc(OC)c(OC)c(OC)c1C=CC(=O)c1cc(OC)c(OC)c(OC)c1OC. The van der Waals surface area contributed by atoms with Gasteiger partial charge in [-0.3, -0.25) is 4.79 Å². The number of hydrogen-bond donors (Lipinski definition) is 0. The molecule has 0 aromatic heterocycles. The van der Waals surface area contributed by atoms with Crippen molar-refractivity contribution in [3.05, 3.63) is 29.3 Å². The number of ketones is 1. The van der Waals surface area contributed by atoms with E-state index in [4.69, 9.17) is 37.9 Å². The summed E-state index contributed by atoms with van der Waals surface area (Å²) < 4.78 is 43.3. The molecule has 2 aromatic carbocycles. The Morgan fingerprint density at radius 3 is 1.50 bits per heavy atom. The summed E-state index contributed by atoms with van der Waals surface area (Å²) >= 11 is 0. The summed E-state index contributed by atoms with van der Waals surface area (Å²) in [6, 6.07) is 3.17. The third-order valence-corrected chi connectivity index (χ3v) is 4.71. The minimum Gasteiger partial charge on any atom is -0.496 e. The molecule has 174 valence electrons. The molecule has 0 aliphatic heterocycles. The zero-order valence-electron chi connectivity index (χ0n) is 19.5. The van der Waals surface area contributed by atoms with Gasteiger partial charge in [-0.25, -0.2) is 0 Å². The molecule has 2 aromatic rings. The number of rotatable bonds is 11. The van der Waals surface area contributed by atoms with Crippen LogP contribution in [0.3, 0.4) is 0 Å². The van der Waals surface area contributed by atoms with Gasteiger partial charge in [-0.2, -0.15) is 0 Å². The molecule has 9 nitrogen and oxygen atoms in total. The largest absolute Gasteiger partial charge is 0.496 e. The van der Waals surface area contributed by atoms with E-state index in [-0.39, 0.29) is 22.8 Å². The van der Waals surface area contributed by atoms with Gasteiger partial charge in [-0.1, -0.05) is 0 Å². The molecule has 0 amide bonds. The van der Waals surface area contributed by atoms with Crippen LogP contribution in [0.2, 0.25) is 0 Å². The number of ether oxygens (including phenoxy) is 8. The van der Waals surface area contributed by atoms with E-state index in [1.807, 2.05) is 0 Å². The molecule has 0 atom stereocenters. The van der Waals surface area contributed by atoms with Gasteiger partial charge in [0.1, 0.15) is 5.75 Å². The third-order valence-electron chi connectivity index (χ3n) is 4.71. The van der Waals surface area contributed by atoms with Crippen LogP contribution in [0.1, 0.15) is 15.9 Å². The molecule has 0 N–H and O–H groups in total. The van der Waals surface area contributed by atoms with Crippen LogP contribution in [0.4, 0.5) is 0 Å². The molecule has 0 saturated carbocycles. The molecule has 0 aliphatic rings. The van der Waals surface area contributed by atoms with Crippen LogP contribution >= 0.6 is 0 Å². The highest BCUT2D eigenvalue weighted by Crippen LogP contribution is 2.48. The van der Waals surface area contributed by atoms with Gasteiger partial charge < -0.3 is 37.9 Å². The zero-order chi connectivity index (χ0) is 23.8. The van der Waals surface area contributed by atoms with Crippen LogP contribution in [0.25, 0.3) is 6.08 Å². The summed E-state index contributed by atoms with van der Waals surface area (Å²) in [4.78, 5) is 13.2. The molecule has 0 bridgehead atoms. The summed E-state index contributed by atoms with van der Waals surface area (Å²) in [6.07, 6.45) is 2.92. The van der Waals surface area contributed by atoms with E-state index in [0.29, 0.717) is 40.1 Å². The predicted molar refractivity (Wildman–Crippen MR) is 119 cm³/mol. The van der Waals surface area contributed by atoms with Crippen molar-refractivity contribution in [2.45, 2.75) is 0 Å². The van der Waals surface area contributed by atoms with Crippen LogP contribution in [0.5, 0.6) is 46.0 Å². The number of carbonyl (C=O) groups excluding carboxylic acids is 1. The van der Waals surface area contributed by atoms with Crippen molar-refractivity contribution in [3.63, 3.8) is 0 Å². The first kappa shape index (κ1) is 24.5. The van der Waals surface area contributed by atoms with E-state index in [2.05, 4.69) is 0 Å². The highest BCUT2D eigenvalue weighted by Gasteiger charge is 2.25. The Morgan fingerprint density at radius 2 is 1.03 bits per heavy atom. The van der Waals surface area contributed by atoms with Crippen molar-refractivity contribution < 1.29 is 42.7 Å². The van der Waals surface area contributed by atoms with Crippen LogP contribution in [-0.2, 0) is 0 Å². The lowest BCUT2D eigenvalue weighted by Crippen LogP contribution is -2.05. The molecule has 0 fully saturated rings. The van der Waals surface area contributed by atoms with E-state index in [1.54, 1.807) is 12.1 Å². The predicted octanol–water partition coefficient (Wildman–Crippen LogP) is 3.65. The molecule has 0 unspecified atom stereocenters. The summed E-state index contributed by atoms with van der Waals surface area (Å²) in [5.74, 6) is 2.30. The first-order chi connectivity index (χ1) is 15.4. The lowest BCUT2D eigenvalue weighted by Gasteiger charge is -2.18. The minimum absolute atomic E-state index is 0.214. The lowest BCUT2D eigenvalue weighted by molar-refractivity contribution is 0.104. The van der Waals surface area contributed by atoms with Crippen LogP contribution < -0.4 is 37.9 Å². The molecule has 0 aliphatic carbocycles. The number of methoxy groups -OCH3 is 8. The van der Waals surface area contributed by atoms with Gasteiger partial charge >= 0.3 is 0 Å². The van der Waals surface area contributed by atoms with E-state index < -0.39 is 0 Å². The molecule has 0 heterocycles. The summed E-state index contributed by atoms with van der Waals surface area (Å²) in [5.41, 5.74) is 0.712. The van der Waals surface area contributed by atoms with Gasteiger partial charge in [0, 0.05) is 6.07 Å². The van der Waals surface area contributed by atoms with Crippen LogP contribution in [-0.4, -0.2) is 62.7 Å². The van der Waals surface area contributed by atoms with Crippen molar-refractivity contribution in [3.8, 4) is 46.0 Å². The van der Waals surface area contributed by atoms with Gasteiger partial charge in [-0.15, -0.1) is 0 Å². The minimum atomic E-state index is -0.375. The quantitative estimate of drug-likeness (QED) is 0.377. The maximum absolute atomic E-state index is 13.2. The second kappa shape index (κ2) is 11.0. The highest BCUT2D eigenvalue weighted by atomic mass is 16.5. The number of benzene rings is 2. The van der Waals surface area contributed by atoms with Crippen molar-refractivity contribution in [2.75, 3.05) is 56.9 Å². The zero-order valence-corrected chi connectivity index (χ0v) is 19.5. The second-order valence-corrected chi connectivity index (χ2v) is 6.18. The Bertz CT molecular complexity index is 996. The average molecular weight is 448 g/mol. The molecule has 2 rings (SSSR count). The average Bonchev–Trinajstić information content (AvgIpc) is 2.84. The summed E-state index contributed by atoms with van der Waals surface area (Å²) in [5, 5.41) is 0. The normalized spacial score (nSPS) is 10.5. The molecule has 0 saturated heterocycles. The lowest BCUT2D eigenvalue weighted by atomic mass is 10.0. The fourth-order valence-corrected chi connectivity index (χ4v) is 3.25. The molecule has 32 heavy (non-hydrogen) atoms. The summed E-state index contributed by atoms with van der Waals surface area (Å²) in [7, 11) is 11.8. The maximum atomic E-state index is 13.2. The topological polar surface area (TPSA) is 90.9 Å². The summed E-state index contributed by atoms with van der Waals surface area (Å²) in [6.45, 7) is 0. The van der Waals surface area contributed by atoms with Crippen LogP contribution in [0, 0.1) is 0 Å². The standard InChI is InChI=1S/C23H28O9/c1-25-16-12-18(27-3)21(30-6)19(28-4)13(16)9-10-15(24)14-11-17(26-2)22(31-7)23(32-8)20(14)29-5/h9-12H,1-8H3. The molecule has 0 spiro atoms. The van der Waals surface area contributed by atoms with Crippen molar-refractivity contribution in [1.82, 2.24) is 0 Å².